The second-order valence-corrected chi connectivity index (χ2v) is 7.01. The van der Waals surface area contributed by atoms with E-state index in [-0.39, 0.29) is 40.9 Å². The van der Waals surface area contributed by atoms with Crippen molar-refractivity contribution in [2.75, 3.05) is 17.7 Å². The number of hydrogen-bond donors (Lipinski definition) is 2. The lowest BCUT2D eigenvalue weighted by atomic mass is 10.1. The molecule has 0 spiro atoms. The molecule has 3 N–H and O–H groups in total. The Labute approximate surface area is 180 Å². The summed E-state index contributed by atoms with van der Waals surface area (Å²) in [6.07, 6.45) is 1.67. The Morgan fingerprint density at radius 2 is 2.03 bits per heavy atom. The fraction of sp³-hybridized carbons (Fsp3) is 0.158. The molecule has 0 saturated heterocycles. The van der Waals surface area contributed by atoms with E-state index in [0.717, 1.165) is 0 Å². The van der Waals surface area contributed by atoms with Crippen molar-refractivity contribution >= 4 is 40.6 Å². The standard InChI is InChI=1S/C19H16Cl2FN5O3/c1-27-9-10(2-5-16(27)28)24-19(29)14-8-15(18(23)26-25-14)30-7-6-11-12(20)3-4-13(22)17(11)21/h2-5,8-9H,6-7H2,1H3,(H2,23,26)(H,24,29). The zero-order chi connectivity index (χ0) is 21.8. The minimum atomic E-state index is -0.585. The van der Waals surface area contributed by atoms with Gasteiger partial charge < -0.3 is 20.4 Å². The minimum Gasteiger partial charge on any atom is -0.489 e. The van der Waals surface area contributed by atoms with Gasteiger partial charge in [-0.25, -0.2) is 4.39 Å². The van der Waals surface area contributed by atoms with Crippen molar-refractivity contribution in [2.45, 2.75) is 6.42 Å². The topological polar surface area (TPSA) is 112 Å². The van der Waals surface area contributed by atoms with Crippen LogP contribution in [0.3, 0.4) is 0 Å². The average Bonchev–Trinajstić information content (AvgIpc) is 2.71. The van der Waals surface area contributed by atoms with E-state index in [9.17, 15) is 14.0 Å². The Morgan fingerprint density at radius 1 is 1.27 bits per heavy atom. The zero-order valence-electron chi connectivity index (χ0n) is 15.7. The third-order valence-corrected chi connectivity index (χ3v) is 4.87. The highest BCUT2D eigenvalue weighted by Crippen LogP contribution is 2.28. The van der Waals surface area contributed by atoms with Crippen LogP contribution >= 0.6 is 23.2 Å². The van der Waals surface area contributed by atoms with Gasteiger partial charge in [0.05, 0.1) is 17.3 Å². The van der Waals surface area contributed by atoms with Gasteiger partial charge in [0, 0.05) is 36.8 Å². The number of aromatic nitrogens is 3. The summed E-state index contributed by atoms with van der Waals surface area (Å²) in [7, 11) is 1.56. The first-order valence-electron chi connectivity index (χ1n) is 8.62. The predicted molar refractivity (Wildman–Crippen MR) is 112 cm³/mol. The van der Waals surface area contributed by atoms with Gasteiger partial charge in [-0.1, -0.05) is 23.2 Å². The lowest BCUT2D eigenvalue weighted by molar-refractivity contribution is 0.102. The van der Waals surface area contributed by atoms with Crippen LogP contribution in [0.5, 0.6) is 5.75 Å². The number of nitrogens with two attached hydrogens (primary N) is 1. The summed E-state index contributed by atoms with van der Waals surface area (Å²) in [5, 5.41) is 10.3. The number of nitrogen functional groups attached to an aromatic ring is 1. The van der Waals surface area contributed by atoms with Crippen LogP contribution in [-0.2, 0) is 13.5 Å². The Bertz CT molecular complexity index is 1170. The Balaban J connectivity index is 1.70. The van der Waals surface area contributed by atoms with Gasteiger partial charge in [-0.05, 0) is 23.8 Å². The smallest absolute Gasteiger partial charge is 0.276 e. The second-order valence-electron chi connectivity index (χ2n) is 6.22. The Morgan fingerprint density at radius 3 is 2.77 bits per heavy atom. The molecule has 1 aromatic carbocycles. The molecule has 2 heterocycles. The number of rotatable bonds is 6. The number of ether oxygens (including phenoxy) is 1. The second kappa shape index (κ2) is 9.10. The molecule has 0 radical (unpaired) electrons. The first-order chi connectivity index (χ1) is 14.3. The van der Waals surface area contributed by atoms with Gasteiger partial charge in [0.2, 0.25) is 5.56 Å². The fourth-order valence-corrected chi connectivity index (χ4v) is 3.09. The van der Waals surface area contributed by atoms with Crippen LogP contribution in [0.15, 0.2) is 41.3 Å². The summed E-state index contributed by atoms with van der Waals surface area (Å²) in [5.41, 5.74) is 6.30. The molecule has 0 aliphatic heterocycles. The molecular formula is C19H16Cl2FN5O3. The van der Waals surface area contributed by atoms with Crippen LogP contribution in [0.2, 0.25) is 10.0 Å². The molecule has 156 valence electrons. The Hall–Kier alpha value is -3.17. The lowest BCUT2D eigenvalue weighted by Crippen LogP contribution is -2.19. The molecular weight excluding hydrogens is 436 g/mol. The molecule has 11 heteroatoms. The van der Waals surface area contributed by atoms with Gasteiger partial charge in [0.15, 0.2) is 17.3 Å². The molecule has 0 unspecified atom stereocenters. The van der Waals surface area contributed by atoms with Gasteiger partial charge in [0.1, 0.15) is 5.82 Å². The molecule has 3 aromatic rings. The van der Waals surface area contributed by atoms with Crippen LogP contribution in [0.25, 0.3) is 0 Å². The maximum Gasteiger partial charge on any atom is 0.276 e. The first kappa shape index (κ1) is 21.5. The summed E-state index contributed by atoms with van der Waals surface area (Å²) in [6, 6.07) is 6.70. The molecule has 0 aliphatic rings. The van der Waals surface area contributed by atoms with Crippen LogP contribution in [0.4, 0.5) is 15.9 Å². The molecule has 0 saturated carbocycles. The van der Waals surface area contributed by atoms with Crippen molar-refractivity contribution in [1.29, 1.82) is 0 Å². The summed E-state index contributed by atoms with van der Waals surface area (Å²) in [4.78, 5) is 23.9. The van der Waals surface area contributed by atoms with Crippen LogP contribution < -0.4 is 21.3 Å². The molecule has 30 heavy (non-hydrogen) atoms. The monoisotopic (exact) mass is 451 g/mol. The third-order valence-electron chi connectivity index (χ3n) is 4.11. The highest BCUT2D eigenvalue weighted by molar-refractivity contribution is 6.36. The van der Waals surface area contributed by atoms with Crippen LogP contribution in [-0.4, -0.2) is 27.3 Å². The van der Waals surface area contributed by atoms with Gasteiger partial charge in [-0.3, -0.25) is 9.59 Å². The van der Waals surface area contributed by atoms with E-state index < -0.39 is 11.7 Å². The normalized spacial score (nSPS) is 10.7. The molecule has 0 aliphatic carbocycles. The van der Waals surface area contributed by atoms with Crippen LogP contribution in [0, 0.1) is 5.82 Å². The molecule has 0 bridgehead atoms. The Kier molecular flexibility index (Phi) is 6.53. The van der Waals surface area contributed by atoms with E-state index in [4.69, 9.17) is 33.7 Å². The molecule has 1 amide bonds. The number of amides is 1. The summed E-state index contributed by atoms with van der Waals surface area (Å²) in [6.45, 7) is 0.0562. The number of hydrogen-bond acceptors (Lipinski definition) is 6. The maximum absolute atomic E-state index is 13.6. The highest BCUT2D eigenvalue weighted by atomic mass is 35.5. The number of anilines is 2. The van der Waals surface area contributed by atoms with Gasteiger partial charge >= 0.3 is 0 Å². The highest BCUT2D eigenvalue weighted by Gasteiger charge is 2.15. The molecule has 0 fully saturated rings. The van der Waals surface area contributed by atoms with Gasteiger partial charge in [0.25, 0.3) is 5.91 Å². The first-order valence-corrected chi connectivity index (χ1v) is 9.38. The van der Waals surface area contributed by atoms with E-state index >= 15 is 0 Å². The number of nitrogens with one attached hydrogen (secondary N) is 1. The maximum atomic E-state index is 13.6. The predicted octanol–water partition coefficient (Wildman–Crippen LogP) is 3.08. The molecule has 8 nitrogen and oxygen atoms in total. The average molecular weight is 452 g/mol. The van der Waals surface area contributed by atoms with E-state index in [2.05, 4.69) is 15.5 Å². The lowest BCUT2D eigenvalue weighted by Gasteiger charge is -2.11. The third kappa shape index (κ3) is 4.87. The summed E-state index contributed by atoms with van der Waals surface area (Å²) < 4.78 is 20.5. The number of pyridine rings is 1. The minimum absolute atomic E-state index is 0.0231. The van der Waals surface area contributed by atoms with Crippen molar-refractivity contribution in [3.05, 3.63) is 74.0 Å². The fourth-order valence-electron chi connectivity index (χ4n) is 2.53. The van der Waals surface area contributed by atoms with E-state index in [1.807, 2.05) is 0 Å². The largest absolute Gasteiger partial charge is 0.489 e. The van der Waals surface area contributed by atoms with Crippen molar-refractivity contribution in [3.63, 3.8) is 0 Å². The molecule has 0 atom stereocenters. The SMILES string of the molecule is Cn1cc(NC(=O)c2cc(OCCc3c(Cl)ccc(F)c3Cl)c(N)nn2)ccc1=O. The van der Waals surface area contributed by atoms with E-state index in [1.165, 1.54) is 41.1 Å². The summed E-state index contributed by atoms with van der Waals surface area (Å²) >= 11 is 12.0. The zero-order valence-corrected chi connectivity index (χ0v) is 17.2. The quantitative estimate of drug-likeness (QED) is 0.556. The number of carbonyl (C=O) groups is 1. The van der Waals surface area contributed by atoms with Gasteiger partial charge in [-0.2, -0.15) is 0 Å². The number of aryl methyl sites for hydroxylation is 1. The van der Waals surface area contributed by atoms with Crippen LogP contribution in [0.1, 0.15) is 16.1 Å². The van der Waals surface area contributed by atoms with Gasteiger partial charge in [-0.15, -0.1) is 10.2 Å². The summed E-state index contributed by atoms with van der Waals surface area (Å²) in [5.74, 6) is -1.05. The van der Waals surface area contributed by atoms with Crippen molar-refractivity contribution in [1.82, 2.24) is 14.8 Å². The number of benzene rings is 1. The van der Waals surface area contributed by atoms with E-state index in [0.29, 0.717) is 16.3 Å². The number of halogens is 3. The number of carbonyl (C=O) groups excluding carboxylic acids is 1. The van der Waals surface area contributed by atoms with Crippen molar-refractivity contribution < 1.29 is 13.9 Å². The molecule has 3 rings (SSSR count). The van der Waals surface area contributed by atoms with Crippen molar-refractivity contribution in [2.24, 2.45) is 7.05 Å². The van der Waals surface area contributed by atoms with E-state index in [1.54, 1.807) is 7.05 Å². The van der Waals surface area contributed by atoms with Crippen molar-refractivity contribution in [3.8, 4) is 5.75 Å². The number of nitrogens with zero attached hydrogens (tertiary/aromatic N) is 3. The molecule has 2 aromatic heterocycles.